The largest absolute Gasteiger partial charge is 0.464 e. The summed E-state index contributed by atoms with van der Waals surface area (Å²) < 4.78 is 45.6. The van der Waals surface area contributed by atoms with Crippen LogP contribution in [0.15, 0.2) is 32.0 Å². The predicted octanol–water partition coefficient (Wildman–Crippen LogP) is 3.40. The molecule has 0 unspecified atom stereocenters. The number of furan rings is 1. The van der Waals surface area contributed by atoms with Crippen LogP contribution in [-0.2, 0) is 16.6 Å². The first-order valence-corrected chi connectivity index (χ1v) is 8.36. The smallest absolute Gasteiger partial charge is 0.265 e. The number of hydrogen-bond donors (Lipinski definition) is 2. The lowest BCUT2D eigenvalue weighted by Gasteiger charge is -2.11. The van der Waals surface area contributed by atoms with Crippen LogP contribution in [-0.4, -0.2) is 8.42 Å². The molecule has 114 valence electrons. The van der Waals surface area contributed by atoms with Crippen LogP contribution in [0.5, 0.6) is 0 Å². The molecule has 0 spiro atoms. The molecule has 1 aromatic carbocycles. The van der Waals surface area contributed by atoms with Crippen molar-refractivity contribution in [1.29, 1.82) is 0 Å². The quantitative estimate of drug-likeness (QED) is 0.828. The number of nitrogens with one attached hydrogen (secondary N) is 1. The van der Waals surface area contributed by atoms with Gasteiger partial charge in [-0.25, -0.2) is 12.8 Å². The van der Waals surface area contributed by atoms with E-state index in [4.69, 9.17) is 21.8 Å². The van der Waals surface area contributed by atoms with Crippen LogP contribution in [0.1, 0.15) is 11.5 Å². The summed E-state index contributed by atoms with van der Waals surface area (Å²) in [5, 5.41) is -0.0642. The molecular weight excluding hydrogens is 387 g/mol. The molecule has 3 N–H and O–H groups in total. The Kier molecular flexibility index (Phi) is 4.62. The lowest BCUT2D eigenvalue weighted by molar-refractivity contribution is 0.479. The van der Waals surface area contributed by atoms with Gasteiger partial charge in [0.25, 0.3) is 10.0 Å². The number of rotatable bonds is 4. The van der Waals surface area contributed by atoms with Crippen molar-refractivity contribution in [1.82, 2.24) is 0 Å². The third-order valence-corrected chi connectivity index (χ3v) is 5.04. The summed E-state index contributed by atoms with van der Waals surface area (Å²) in [4.78, 5) is -0.0461. The van der Waals surface area contributed by atoms with Gasteiger partial charge >= 0.3 is 0 Å². The highest BCUT2D eigenvalue weighted by Crippen LogP contribution is 2.34. The standard InChI is InChI=1S/C12H11BrClFN2O3S/c1-6-11(4-8(5-16)20-6)21(18,19)17-12-9(13)2-7(15)3-10(12)14/h2-4,17H,5,16H2,1H3. The number of anilines is 1. The molecule has 0 atom stereocenters. The van der Waals surface area contributed by atoms with E-state index < -0.39 is 15.8 Å². The number of nitrogens with two attached hydrogens (primary N) is 1. The minimum absolute atomic E-state index is 0.0461. The molecule has 0 saturated carbocycles. The van der Waals surface area contributed by atoms with Gasteiger partial charge in [0.05, 0.1) is 17.3 Å². The van der Waals surface area contributed by atoms with Crippen LogP contribution in [0.4, 0.5) is 10.1 Å². The van der Waals surface area contributed by atoms with E-state index in [1.54, 1.807) is 0 Å². The first-order valence-electron chi connectivity index (χ1n) is 5.71. The van der Waals surface area contributed by atoms with Crippen LogP contribution in [0.3, 0.4) is 0 Å². The molecule has 0 bridgehead atoms. The Balaban J connectivity index is 2.44. The molecule has 0 aliphatic rings. The summed E-state index contributed by atoms with van der Waals surface area (Å²) in [7, 11) is -3.93. The molecule has 2 rings (SSSR count). The summed E-state index contributed by atoms with van der Waals surface area (Å²) in [5.41, 5.74) is 5.46. The van der Waals surface area contributed by atoms with Gasteiger partial charge in [-0.2, -0.15) is 0 Å². The molecule has 0 amide bonds. The molecule has 1 aromatic heterocycles. The Morgan fingerprint density at radius 1 is 1.43 bits per heavy atom. The molecule has 0 aliphatic heterocycles. The lowest BCUT2D eigenvalue weighted by atomic mass is 10.3. The molecule has 0 aliphatic carbocycles. The van der Waals surface area contributed by atoms with Crippen LogP contribution >= 0.6 is 27.5 Å². The van der Waals surface area contributed by atoms with Crippen molar-refractivity contribution >= 4 is 43.2 Å². The summed E-state index contributed by atoms with van der Waals surface area (Å²) in [6.45, 7) is 1.59. The van der Waals surface area contributed by atoms with Crippen LogP contribution < -0.4 is 10.5 Å². The number of benzene rings is 1. The number of hydrogen-bond acceptors (Lipinski definition) is 4. The minimum atomic E-state index is -3.93. The van der Waals surface area contributed by atoms with Crippen molar-refractivity contribution in [3.63, 3.8) is 0 Å². The van der Waals surface area contributed by atoms with Crippen LogP contribution in [0.2, 0.25) is 5.02 Å². The fourth-order valence-electron chi connectivity index (χ4n) is 1.72. The van der Waals surface area contributed by atoms with Gasteiger partial charge in [-0.1, -0.05) is 11.6 Å². The average Bonchev–Trinajstić information content (AvgIpc) is 2.76. The maximum absolute atomic E-state index is 13.2. The Morgan fingerprint density at radius 2 is 2.10 bits per heavy atom. The fraction of sp³-hybridized carbons (Fsp3) is 0.167. The zero-order valence-corrected chi connectivity index (χ0v) is 13.9. The maximum Gasteiger partial charge on any atom is 0.265 e. The summed E-state index contributed by atoms with van der Waals surface area (Å²) in [6.07, 6.45) is 0. The van der Waals surface area contributed by atoms with Gasteiger partial charge in [0, 0.05) is 10.5 Å². The summed E-state index contributed by atoms with van der Waals surface area (Å²) in [5.74, 6) is -0.0332. The number of sulfonamides is 1. The Bertz CT molecular complexity index is 769. The molecule has 0 radical (unpaired) electrons. The molecule has 0 fully saturated rings. The van der Waals surface area contributed by atoms with Gasteiger partial charge in [-0.15, -0.1) is 0 Å². The van der Waals surface area contributed by atoms with Gasteiger partial charge in [0.1, 0.15) is 22.2 Å². The fourth-order valence-corrected chi connectivity index (χ4v) is 4.11. The average molecular weight is 398 g/mol. The predicted molar refractivity (Wildman–Crippen MR) is 81.3 cm³/mol. The normalized spacial score (nSPS) is 11.7. The Hall–Kier alpha value is -1.09. The van der Waals surface area contributed by atoms with Crippen molar-refractivity contribution in [3.8, 4) is 0 Å². The number of aryl methyl sites for hydroxylation is 1. The zero-order valence-electron chi connectivity index (χ0n) is 10.8. The molecule has 0 saturated heterocycles. The van der Waals surface area contributed by atoms with E-state index in [0.717, 1.165) is 12.1 Å². The lowest BCUT2D eigenvalue weighted by Crippen LogP contribution is -2.14. The maximum atomic E-state index is 13.2. The van der Waals surface area contributed by atoms with Gasteiger partial charge in [0.15, 0.2) is 0 Å². The topological polar surface area (TPSA) is 85.3 Å². The van der Waals surface area contributed by atoms with Gasteiger partial charge in [-0.3, -0.25) is 4.72 Å². The minimum Gasteiger partial charge on any atom is -0.464 e. The summed E-state index contributed by atoms with van der Waals surface area (Å²) >= 11 is 8.93. The zero-order chi connectivity index (χ0) is 15.8. The highest BCUT2D eigenvalue weighted by Gasteiger charge is 2.23. The van der Waals surface area contributed by atoms with Gasteiger partial charge in [0.2, 0.25) is 0 Å². The van der Waals surface area contributed by atoms with E-state index in [0.29, 0.717) is 5.76 Å². The molecule has 21 heavy (non-hydrogen) atoms. The van der Waals surface area contributed by atoms with Crippen molar-refractivity contribution in [2.75, 3.05) is 4.72 Å². The Morgan fingerprint density at radius 3 is 2.62 bits per heavy atom. The van der Waals surface area contributed by atoms with E-state index in [-0.39, 0.29) is 32.4 Å². The second kappa shape index (κ2) is 5.96. The Labute approximate surface area is 134 Å². The van der Waals surface area contributed by atoms with E-state index >= 15 is 0 Å². The van der Waals surface area contributed by atoms with E-state index in [2.05, 4.69) is 20.7 Å². The highest BCUT2D eigenvalue weighted by molar-refractivity contribution is 9.10. The molecular formula is C12H11BrClFN2O3S. The van der Waals surface area contributed by atoms with Gasteiger partial charge < -0.3 is 10.2 Å². The first-order chi connectivity index (χ1) is 9.74. The van der Waals surface area contributed by atoms with Crippen molar-refractivity contribution in [3.05, 3.63) is 45.0 Å². The SMILES string of the molecule is Cc1oc(CN)cc1S(=O)(=O)Nc1c(Cl)cc(F)cc1Br. The first kappa shape index (κ1) is 16.3. The van der Waals surface area contributed by atoms with Crippen molar-refractivity contribution < 1.29 is 17.2 Å². The van der Waals surface area contributed by atoms with Gasteiger partial charge in [-0.05, 0) is 35.0 Å². The van der Waals surface area contributed by atoms with E-state index in [1.165, 1.54) is 13.0 Å². The summed E-state index contributed by atoms with van der Waals surface area (Å²) in [6, 6.07) is 3.46. The monoisotopic (exact) mass is 396 g/mol. The van der Waals surface area contributed by atoms with E-state index in [1.807, 2.05) is 0 Å². The second-order valence-electron chi connectivity index (χ2n) is 4.19. The molecule has 9 heteroatoms. The van der Waals surface area contributed by atoms with Crippen molar-refractivity contribution in [2.45, 2.75) is 18.4 Å². The molecule has 5 nitrogen and oxygen atoms in total. The molecule has 1 heterocycles. The van der Waals surface area contributed by atoms with Crippen LogP contribution in [0.25, 0.3) is 0 Å². The van der Waals surface area contributed by atoms with E-state index in [9.17, 15) is 12.8 Å². The third kappa shape index (κ3) is 3.39. The third-order valence-electron chi connectivity index (χ3n) is 2.66. The second-order valence-corrected chi connectivity index (χ2v) is 7.10. The van der Waals surface area contributed by atoms with Crippen molar-refractivity contribution in [2.24, 2.45) is 5.73 Å². The molecule has 2 aromatic rings. The number of halogens is 3. The van der Waals surface area contributed by atoms with Crippen LogP contribution in [0, 0.1) is 12.7 Å². The highest BCUT2D eigenvalue weighted by atomic mass is 79.9.